The van der Waals surface area contributed by atoms with E-state index in [0.717, 1.165) is 12.8 Å². The zero-order valence-corrected chi connectivity index (χ0v) is 11.2. The molecule has 0 aliphatic carbocycles. The molecular formula is C14H22FNO2. The minimum absolute atomic E-state index is 0.130. The summed E-state index contributed by atoms with van der Waals surface area (Å²) in [5.41, 5.74) is 0.552. The van der Waals surface area contributed by atoms with Crippen molar-refractivity contribution in [1.29, 1.82) is 0 Å². The summed E-state index contributed by atoms with van der Waals surface area (Å²) in [6, 6.07) is 4.93. The van der Waals surface area contributed by atoms with E-state index in [1.54, 1.807) is 19.2 Å². The van der Waals surface area contributed by atoms with Gasteiger partial charge in [0.1, 0.15) is 11.6 Å². The highest BCUT2D eigenvalue weighted by atomic mass is 19.1. The van der Waals surface area contributed by atoms with Crippen LogP contribution in [-0.4, -0.2) is 24.9 Å². The molecule has 0 fully saturated rings. The number of hydrogen-bond acceptors (Lipinski definition) is 3. The van der Waals surface area contributed by atoms with Crippen LogP contribution in [0.15, 0.2) is 18.2 Å². The van der Waals surface area contributed by atoms with Crippen molar-refractivity contribution >= 4 is 0 Å². The van der Waals surface area contributed by atoms with Crippen LogP contribution in [0, 0.1) is 5.82 Å². The predicted octanol–water partition coefficient (Wildman–Crippen LogP) is 2.65. The number of hydrogen-bond donors (Lipinski definition) is 2. The van der Waals surface area contributed by atoms with Gasteiger partial charge in [0.2, 0.25) is 0 Å². The second-order valence-corrected chi connectivity index (χ2v) is 4.51. The topological polar surface area (TPSA) is 41.5 Å². The zero-order chi connectivity index (χ0) is 13.5. The molecule has 0 aliphatic heterocycles. The third-order valence-corrected chi connectivity index (χ3v) is 3.00. The predicted molar refractivity (Wildman–Crippen MR) is 70.3 cm³/mol. The molecule has 2 N–H and O–H groups in total. The van der Waals surface area contributed by atoms with Crippen LogP contribution in [0.25, 0.3) is 0 Å². The van der Waals surface area contributed by atoms with E-state index in [2.05, 4.69) is 5.32 Å². The fourth-order valence-corrected chi connectivity index (χ4v) is 2.11. The lowest BCUT2D eigenvalue weighted by Gasteiger charge is -2.22. The number of nitrogens with one attached hydrogen (secondary N) is 1. The summed E-state index contributed by atoms with van der Waals surface area (Å²) in [4.78, 5) is 0. The van der Waals surface area contributed by atoms with Crippen molar-refractivity contribution in [2.24, 2.45) is 0 Å². The molecule has 0 saturated heterocycles. The summed E-state index contributed by atoms with van der Waals surface area (Å²) < 4.78 is 19.0. The highest BCUT2D eigenvalue weighted by Gasteiger charge is 2.17. The molecule has 18 heavy (non-hydrogen) atoms. The Kier molecular flexibility index (Phi) is 6.09. The van der Waals surface area contributed by atoms with Gasteiger partial charge in [-0.05, 0) is 38.8 Å². The van der Waals surface area contributed by atoms with Crippen LogP contribution in [0.2, 0.25) is 0 Å². The Balaban J connectivity index is 2.74. The van der Waals surface area contributed by atoms with Gasteiger partial charge in [0.25, 0.3) is 0 Å². The molecule has 0 bridgehead atoms. The first-order chi connectivity index (χ1) is 8.60. The molecule has 0 amide bonds. The lowest BCUT2D eigenvalue weighted by Crippen LogP contribution is -2.29. The number of aliphatic hydroxyl groups excluding tert-OH is 1. The van der Waals surface area contributed by atoms with Crippen molar-refractivity contribution in [2.45, 2.75) is 38.8 Å². The Morgan fingerprint density at radius 1 is 1.39 bits per heavy atom. The Hall–Kier alpha value is -1.13. The monoisotopic (exact) mass is 255 g/mol. The van der Waals surface area contributed by atoms with Crippen LogP contribution < -0.4 is 10.1 Å². The van der Waals surface area contributed by atoms with Crippen molar-refractivity contribution in [3.05, 3.63) is 29.6 Å². The van der Waals surface area contributed by atoms with Gasteiger partial charge in [-0.25, -0.2) is 4.39 Å². The fourth-order valence-electron chi connectivity index (χ4n) is 2.11. The summed E-state index contributed by atoms with van der Waals surface area (Å²) in [6.45, 7) is 4.12. The van der Waals surface area contributed by atoms with Crippen molar-refractivity contribution in [3.8, 4) is 5.75 Å². The van der Waals surface area contributed by atoms with E-state index in [-0.39, 0.29) is 24.5 Å². The van der Waals surface area contributed by atoms with Crippen LogP contribution in [0.1, 0.15) is 38.3 Å². The van der Waals surface area contributed by atoms with Gasteiger partial charge < -0.3 is 15.2 Å². The van der Waals surface area contributed by atoms with Gasteiger partial charge in [0.05, 0.1) is 7.11 Å². The highest BCUT2D eigenvalue weighted by molar-refractivity contribution is 5.36. The van der Waals surface area contributed by atoms with Crippen LogP contribution >= 0.6 is 0 Å². The quantitative estimate of drug-likeness (QED) is 0.787. The summed E-state index contributed by atoms with van der Waals surface area (Å²) in [7, 11) is 1.54. The van der Waals surface area contributed by atoms with E-state index in [1.807, 2.05) is 13.8 Å². The molecule has 2 unspecified atom stereocenters. The molecule has 1 aromatic rings. The van der Waals surface area contributed by atoms with Gasteiger partial charge in [0, 0.05) is 24.3 Å². The van der Waals surface area contributed by atoms with Crippen molar-refractivity contribution in [1.82, 2.24) is 5.32 Å². The van der Waals surface area contributed by atoms with Crippen LogP contribution in [0.3, 0.4) is 0 Å². The fraction of sp³-hybridized carbons (Fsp3) is 0.571. The van der Waals surface area contributed by atoms with E-state index >= 15 is 0 Å². The maximum atomic E-state index is 13.8. The second-order valence-electron chi connectivity index (χ2n) is 4.51. The van der Waals surface area contributed by atoms with Crippen molar-refractivity contribution < 1.29 is 14.2 Å². The molecule has 3 nitrogen and oxygen atoms in total. The molecule has 0 aliphatic rings. The third-order valence-electron chi connectivity index (χ3n) is 3.00. The average Bonchev–Trinajstić information content (AvgIpc) is 2.35. The number of halogens is 1. The van der Waals surface area contributed by atoms with Crippen molar-refractivity contribution in [2.75, 3.05) is 13.7 Å². The average molecular weight is 255 g/mol. The van der Waals surface area contributed by atoms with E-state index in [9.17, 15) is 4.39 Å². The number of aliphatic hydroxyl groups is 1. The number of ether oxygens (including phenoxy) is 1. The third kappa shape index (κ3) is 3.96. The molecule has 2 atom stereocenters. The number of rotatable bonds is 7. The molecule has 0 saturated carbocycles. The zero-order valence-electron chi connectivity index (χ0n) is 11.2. The van der Waals surface area contributed by atoms with E-state index in [4.69, 9.17) is 9.84 Å². The lowest BCUT2D eigenvalue weighted by atomic mass is 10.0. The standard InChI is InChI=1S/C14H22FNO2/c1-10(6-5-9-17)16-11(2)14-12(15)7-4-8-13(14)18-3/h4,7-8,10-11,16-17H,5-6,9H2,1-3H3. The molecule has 0 aromatic heterocycles. The molecule has 102 valence electrons. The van der Waals surface area contributed by atoms with Gasteiger partial charge in [-0.2, -0.15) is 0 Å². The van der Waals surface area contributed by atoms with Gasteiger partial charge in [-0.3, -0.25) is 0 Å². The van der Waals surface area contributed by atoms with E-state index in [0.29, 0.717) is 11.3 Å². The Morgan fingerprint density at radius 3 is 2.72 bits per heavy atom. The first kappa shape index (κ1) is 14.9. The number of benzene rings is 1. The molecule has 0 heterocycles. The first-order valence-corrected chi connectivity index (χ1v) is 6.29. The van der Waals surface area contributed by atoms with Crippen LogP contribution in [-0.2, 0) is 0 Å². The first-order valence-electron chi connectivity index (χ1n) is 6.29. The molecule has 1 aromatic carbocycles. The van der Waals surface area contributed by atoms with E-state index in [1.165, 1.54) is 6.07 Å². The van der Waals surface area contributed by atoms with Gasteiger partial charge in [0.15, 0.2) is 0 Å². The largest absolute Gasteiger partial charge is 0.496 e. The second kappa shape index (κ2) is 7.34. The minimum atomic E-state index is -0.260. The molecule has 0 spiro atoms. The summed E-state index contributed by atoms with van der Waals surface area (Å²) in [5.74, 6) is 0.299. The van der Waals surface area contributed by atoms with E-state index < -0.39 is 0 Å². The minimum Gasteiger partial charge on any atom is -0.496 e. The Bertz CT molecular complexity index is 371. The summed E-state index contributed by atoms with van der Waals surface area (Å²) >= 11 is 0. The summed E-state index contributed by atoms with van der Waals surface area (Å²) in [6.07, 6.45) is 1.60. The van der Waals surface area contributed by atoms with Crippen LogP contribution in [0.4, 0.5) is 4.39 Å². The molecular weight excluding hydrogens is 233 g/mol. The number of methoxy groups -OCH3 is 1. The Labute approximate surface area is 108 Å². The normalized spacial score (nSPS) is 14.3. The molecule has 0 radical (unpaired) electrons. The van der Waals surface area contributed by atoms with Gasteiger partial charge >= 0.3 is 0 Å². The smallest absolute Gasteiger partial charge is 0.131 e. The SMILES string of the molecule is COc1cccc(F)c1C(C)NC(C)CCCO. The van der Waals surface area contributed by atoms with Crippen LogP contribution in [0.5, 0.6) is 5.75 Å². The summed E-state index contributed by atoms with van der Waals surface area (Å²) in [5, 5.41) is 12.1. The lowest BCUT2D eigenvalue weighted by molar-refractivity contribution is 0.273. The Morgan fingerprint density at radius 2 is 2.11 bits per heavy atom. The van der Waals surface area contributed by atoms with Gasteiger partial charge in [-0.15, -0.1) is 0 Å². The van der Waals surface area contributed by atoms with Gasteiger partial charge in [-0.1, -0.05) is 6.07 Å². The maximum Gasteiger partial charge on any atom is 0.131 e. The maximum absolute atomic E-state index is 13.8. The molecule has 1 rings (SSSR count). The van der Waals surface area contributed by atoms with Crippen molar-refractivity contribution in [3.63, 3.8) is 0 Å². The molecule has 4 heteroatoms. The highest BCUT2D eigenvalue weighted by Crippen LogP contribution is 2.28.